The molecule has 0 fully saturated rings. The van der Waals surface area contributed by atoms with Gasteiger partial charge in [0, 0.05) is 18.3 Å². The molecule has 0 saturated heterocycles. The van der Waals surface area contributed by atoms with Crippen molar-refractivity contribution < 1.29 is 4.74 Å². The number of aromatic nitrogens is 2. The lowest BCUT2D eigenvalue weighted by Gasteiger charge is -2.10. The van der Waals surface area contributed by atoms with E-state index in [2.05, 4.69) is 64.7 Å². The molecule has 0 amide bonds. The Hall–Kier alpha value is -2.88. The van der Waals surface area contributed by atoms with Crippen molar-refractivity contribution in [3.8, 4) is 17.1 Å². The quantitative estimate of drug-likeness (QED) is 0.614. The lowest BCUT2D eigenvalue weighted by atomic mass is 10.1. The van der Waals surface area contributed by atoms with Crippen LogP contribution in [0.4, 0.5) is 5.82 Å². The molecular weight excluding hydrogens is 334 g/mol. The van der Waals surface area contributed by atoms with Gasteiger partial charge in [0.25, 0.3) is 0 Å². The normalized spacial score (nSPS) is 12.6. The van der Waals surface area contributed by atoms with Gasteiger partial charge < -0.3 is 10.1 Å². The fourth-order valence-electron chi connectivity index (χ4n) is 3.42. The molecule has 138 valence electrons. The average molecular weight is 359 g/mol. The minimum atomic E-state index is 0.696. The summed E-state index contributed by atoms with van der Waals surface area (Å²) in [6, 6.07) is 16.7. The number of rotatable bonds is 7. The second-order valence-corrected chi connectivity index (χ2v) is 7.04. The van der Waals surface area contributed by atoms with Crippen molar-refractivity contribution in [2.24, 2.45) is 0 Å². The number of anilines is 1. The second kappa shape index (κ2) is 8.21. The number of nitrogens with one attached hydrogen (secondary N) is 1. The largest absolute Gasteiger partial charge is 0.494 e. The molecule has 4 heteroatoms. The first-order valence-electron chi connectivity index (χ1n) is 9.66. The highest BCUT2D eigenvalue weighted by Gasteiger charge is 2.11. The van der Waals surface area contributed by atoms with E-state index >= 15 is 0 Å². The Balaban J connectivity index is 1.26. The van der Waals surface area contributed by atoms with Crippen molar-refractivity contribution in [2.75, 3.05) is 18.5 Å². The number of ether oxygens (including phenoxy) is 1. The van der Waals surface area contributed by atoms with Gasteiger partial charge in [-0.1, -0.05) is 35.9 Å². The Morgan fingerprint density at radius 2 is 1.85 bits per heavy atom. The SMILES string of the molecule is Cc1ccc(-c2nccc(NCCCOc3ccc4c(c3)CCC4)n2)cc1. The average Bonchev–Trinajstić information content (AvgIpc) is 3.16. The summed E-state index contributed by atoms with van der Waals surface area (Å²) >= 11 is 0. The second-order valence-electron chi connectivity index (χ2n) is 7.04. The first-order chi connectivity index (χ1) is 13.3. The lowest BCUT2D eigenvalue weighted by molar-refractivity contribution is 0.314. The van der Waals surface area contributed by atoms with E-state index in [-0.39, 0.29) is 0 Å². The van der Waals surface area contributed by atoms with E-state index in [1.165, 1.54) is 36.0 Å². The van der Waals surface area contributed by atoms with Crippen LogP contribution in [0.3, 0.4) is 0 Å². The molecule has 2 aromatic carbocycles. The van der Waals surface area contributed by atoms with Crippen molar-refractivity contribution in [1.82, 2.24) is 9.97 Å². The van der Waals surface area contributed by atoms with Crippen molar-refractivity contribution >= 4 is 5.82 Å². The third kappa shape index (κ3) is 4.45. The maximum Gasteiger partial charge on any atom is 0.161 e. The van der Waals surface area contributed by atoms with Gasteiger partial charge in [0.1, 0.15) is 11.6 Å². The maximum absolute atomic E-state index is 5.90. The van der Waals surface area contributed by atoms with Crippen LogP contribution in [0, 0.1) is 6.92 Å². The van der Waals surface area contributed by atoms with Crippen LogP contribution >= 0.6 is 0 Å². The third-order valence-electron chi connectivity index (χ3n) is 4.93. The Morgan fingerprint density at radius 3 is 2.74 bits per heavy atom. The minimum absolute atomic E-state index is 0.696. The molecule has 0 spiro atoms. The van der Waals surface area contributed by atoms with Crippen molar-refractivity contribution in [3.05, 3.63) is 71.4 Å². The first-order valence-corrected chi connectivity index (χ1v) is 9.66. The van der Waals surface area contributed by atoms with Crippen LogP contribution in [0.15, 0.2) is 54.7 Å². The smallest absolute Gasteiger partial charge is 0.161 e. The lowest BCUT2D eigenvalue weighted by Crippen LogP contribution is -2.09. The zero-order valence-electron chi connectivity index (χ0n) is 15.7. The minimum Gasteiger partial charge on any atom is -0.494 e. The zero-order chi connectivity index (χ0) is 18.5. The molecule has 0 atom stereocenters. The number of benzene rings is 2. The molecule has 0 aliphatic heterocycles. The molecule has 1 aromatic heterocycles. The summed E-state index contributed by atoms with van der Waals surface area (Å²) in [6.07, 6.45) is 6.38. The van der Waals surface area contributed by atoms with E-state index in [4.69, 9.17) is 4.74 Å². The molecule has 4 rings (SSSR count). The van der Waals surface area contributed by atoms with Crippen LogP contribution in [-0.2, 0) is 12.8 Å². The van der Waals surface area contributed by atoms with E-state index in [0.717, 1.165) is 35.9 Å². The van der Waals surface area contributed by atoms with Gasteiger partial charge in [-0.05, 0) is 61.9 Å². The number of aryl methyl sites for hydroxylation is 3. The molecule has 0 radical (unpaired) electrons. The van der Waals surface area contributed by atoms with Crippen LogP contribution in [0.1, 0.15) is 29.5 Å². The van der Waals surface area contributed by atoms with Crippen LogP contribution in [-0.4, -0.2) is 23.1 Å². The van der Waals surface area contributed by atoms with Gasteiger partial charge in [-0.15, -0.1) is 0 Å². The molecule has 4 nitrogen and oxygen atoms in total. The van der Waals surface area contributed by atoms with Crippen LogP contribution in [0.5, 0.6) is 5.75 Å². The molecule has 0 saturated carbocycles. The molecule has 0 bridgehead atoms. The number of hydrogen-bond donors (Lipinski definition) is 1. The number of fused-ring (bicyclic) bond motifs is 1. The predicted octanol–water partition coefficient (Wildman–Crippen LogP) is 4.82. The summed E-state index contributed by atoms with van der Waals surface area (Å²) in [7, 11) is 0. The molecule has 1 N–H and O–H groups in total. The Kier molecular flexibility index (Phi) is 5.33. The fourth-order valence-corrected chi connectivity index (χ4v) is 3.42. The summed E-state index contributed by atoms with van der Waals surface area (Å²) in [5, 5.41) is 3.36. The Morgan fingerprint density at radius 1 is 1.00 bits per heavy atom. The third-order valence-corrected chi connectivity index (χ3v) is 4.93. The standard InChI is InChI=1S/C23H25N3O/c1-17-6-8-19(9-7-17)23-25-14-12-22(26-23)24-13-3-15-27-21-11-10-18-4-2-5-20(18)16-21/h6-12,14,16H,2-5,13,15H2,1H3,(H,24,25,26). The van der Waals surface area contributed by atoms with Crippen LogP contribution in [0.2, 0.25) is 0 Å². The molecule has 0 unspecified atom stereocenters. The number of hydrogen-bond acceptors (Lipinski definition) is 4. The predicted molar refractivity (Wildman–Crippen MR) is 109 cm³/mol. The van der Waals surface area contributed by atoms with Crippen molar-refractivity contribution in [3.63, 3.8) is 0 Å². The fraction of sp³-hybridized carbons (Fsp3) is 0.304. The monoisotopic (exact) mass is 359 g/mol. The van der Waals surface area contributed by atoms with E-state index < -0.39 is 0 Å². The van der Waals surface area contributed by atoms with E-state index in [9.17, 15) is 0 Å². The molecule has 27 heavy (non-hydrogen) atoms. The maximum atomic E-state index is 5.90. The Labute approximate surface area is 160 Å². The van der Waals surface area contributed by atoms with E-state index in [1.807, 2.05) is 6.07 Å². The van der Waals surface area contributed by atoms with Gasteiger partial charge in [0.15, 0.2) is 5.82 Å². The summed E-state index contributed by atoms with van der Waals surface area (Å²) < 4.78 is 5.90. The van der Waals surface area contributed by atoms with Gasteiger partial charge in [-0.3, -0.25) is 0 Å². The molecule has 1 heterocycles. The van der Waals surface area contributed by atoms with E-state index in [0.29, 0.717) is 6.61 Å². The molecular formula is C23H25N3O. The van der Waals surface area contributed by atoms with Gasteiger partial charge in [0.2, 0.25) is 0 Å². The summed E-state index contributed by atoms with van der Waals surface area (Å²) in [4.78, 5) is 8.98. The van der Waals surface area contributed by atoms with Gasteiger partial charge in [-0.2, -0.15) is 0 Å². The highest BCUT2D eigenvalue weighted by atomic mass is 16.5. The molecule has 3 aromatic rings. The van der Waals surface area contributed by atoms with E-state index in [1.54, 1.807) is 6.20 Å². The van der Waals surface area contributed by atoms with Crippen LogP contribution in [0.25, 0.3) is 11.4 Å². The zero-order valence-corrected chi connectivity index (χ0v) is 15.7. The highest BCUT2D eigenvalue weighted by Crippen LogP contribution is 2.26. The van der Waals surface area contributed by atoms with Crippen molar-refractivity contribution in [2.45, 2.75) is 32.6 Å². The first kappa shape index (κ1) is 17.5. The van der Waals surface area contributed by atoms with Gasteiger partial charge >= 0.3 is 0 Å². The summed E-state index contributed by atoms with van der Waals surface area (Å²) in [5.74, 6) is 2.58. The van der Waals surface area contributed by atoms with Crippen LogP contribution < -0.4 is 10.1 Å². The topological polar surface area (TPSA) is 47.0 Å². The number of nitrogens with zero attached hydrogens (tertiary/aromatic N) is 2. The highest BCUT2D eigenvalue weighted by molar-refractivity contribution is 5.57. The Bertz CT molecular complexity index is 906. The van der Waals surface area contributed by atoms with Crippen molar-refractivity contribution in [1.29, 1.82) is 0 Å². The molecule has 1 aliphatic carbocycles. The van der Waals surface area contributed by atoms with Gasteiger partial charge in [0.05, 0.1) is 6.61 Å². The van der Waals surface area contributed by atoms with Gasteiger partial charge in [-0.25, -0.2) is 9.97 Å². The molecule has 1 aliphatic rings. The summed E-state index contributed by atoms with van der Waals surface area (Å²) in [5.41, 5.74) is 5.20. The summed E-state index contributed by atoms with van der Waals surface area (Å²) in [6.45, 7) is 3.59.